The number of aliphatic hydroxyl groups is 1. The number of hydrogen-bond acceptors (Lipinski definition) is 3. The van der Waals surface area contributed by atoms with Crippen LogP contribution in [-0.2, 0) is 4.79 Å². The Morgan fingerprint density at radius 1 is 1.75 bits per heavy atom. The number of carboxylic acid groups (broad SMARTS) is 1. The molecular formula is C4H7NO3. The zero-order chi connectivity index (χ0) is 6.41. The molecule has 0 aromatic carbocycles. The molecule has 0 aromatic heterocycles. The molecule has 4 nitrogen and oxygen atoms in total. The zero-order valence-corrected chi connectivity index (χ0v) is 4.24. The monoisotopic (exact) mass is 117 g/mol. The van der Waals surface area contributed by atoms with E-state index in [1.54, 1.807) is 0 Å². The van der Waals surface area contributed by atoms with Crippen molar-refractivity contribution in [2.75, 3.05) is 13.2 Å². The average molecular weight is 117 g/mol. The lowest BCUT2D eigenvalue weighted by atomic mass is 10.7. The number of rotatable bonds is 3. The van der Waals surface area contributed by atoms with E-state index in [1.165, 1.54) is 0 Å². The van der Waals surface area contributed by atoms with Crippen LogP contribution in [0.3, 0.4) is 0 Å². The third-order valence-corrected chi connectivity index (χ3v) is 0.431. The van der Waals surface area contributed by atoms with Crippen molar-refractivity contribution in [3.05, 3.63) is 0 Å². The van der Waals surface area contributed by atoms with Gasteiger partial charge in [-0.3, -0.25) is 4.99 Å². The summed E-state index contributed by atoms with van der Waals surface area (Å²) in [6.07, 6.45) is 0.760. The molecule has 0 aliphatic heterocycles. The highest BCUT2D eigenvalue weighted by Crippen LogP contribution is 1.63. The van der Waals surface area contributed by atoms with Crippen LogP contribution in [0.2, 0.25) is 0 Å². The quantitative estimate of drug-likeness (QED) is 0.472. The summed E-state index contributed by atoms with van der Waals surface area (Å²) in [5, 5.41) is 16.0. The Bertz CT molecular complexity index is 99.5. The summed E-state index contributed by atoms with van der Waals surface area (Å²) in [4.78, 5) is 13.0. The van der Waals surface area contributed by atoms with E-state index in [0.29, 0.717) is 0 Å². The number of nitrogens with zero attached hydrogens (tertiary/aromatic N) is 1. The van der Waals surface area contributed by atoms with E-state index in [1.807, 2.05) is 0 Å². The summed E-state index contributed by atoms with van der Waals surface area (Å²) < 4.78 is 0. The molecule has 0 fully saturated rings. The Morgan fingerprint density at radius 3 is 2.75 bits per heavy atom. The molecule has 4 heteroatoms. The molecule has 0 aromatic rings. The third-order valence-electron chi connectivity index (χ3n) is 0.431. The second kappa shape index (κ2) is 4.26. The van der Waals surface area contributed by atoms with Crippen molar-refractivity contribution in [2.45, 2.75) is 0 Å². The summed E-state index contributed by atoms with van der Waals surface area (Å²) in [6, 6.07) is 0. The molecule has 0 radical (unpaired) electrons. The van der Waals surface area contributed by atoms with Crippen molar-refractivity contribution in [2.24, 2.45) is 4.99 Å². The zero-order valence-electron chi connectivity index (χ0n) is 4.24. The van der Waals surface area contributed by atoms with E-state index < -0.39 is 5.97 Å². The molecule has 0 unspecified atom stereocenters. The van der Waals surface area contributed by atoms with Crippen LogP contribution in [0.15, 0.2) is 4.99 Å². The molecule has 0 saturated carbocycles. The maximum atomic E-state index is 9.64. The number of carbonyl (C=O) groups is 1. The van der Waals surface area contributed by atoms with Gasteiger partial charge in [-0.1, -0.05) is 0 Å². The van der Waals surface area contributed by atoms with Crippen molar-refractivity contribution in [1.29, 1.82) is 0 Å². The van der Waals surface area contributed by atoms with E-state index in [0.717, 1.165) is 6.21 Å². The first-order valence-electron chi connectivity index (χ1n) is 2.11. The lowest BCUT2D eigenvalue weighted by Gasteiger charge is -1.80. The van der Waals surface area contributed by atoms with Crippen LogP contribution in [0.4, 0.5) is 0 Å². The molecule has 0 saturated heterocycles. The first-order valence-corrected chi connectivity index (χ1v) is 2.11. The molecule has 0 heterocycles. The highest BCUT2D eigenvalue weighted by Gasteiger charge is 1.82. The molecular weight excluding hydrogens is 110 g/mol. The van der Waals surface area contributed by atoms with Gasteiger partial charge in [-0.25, -0.2) is 4.79 Å². The van der Waals surface area contributed by atoms with E-state index in [4.69, 9.17) is 10.2 Å². The summed E-state index contributed by atoms with van der Waals surface area (Å²) >= 11 is 0. The molecule has 46 valence electrons. The smallest absolute Gasteiger partial charge is 0.346 e. The van der Waals surface area contributed by atoms with Gasteiger partial charge >= 0.3 is 5.97 Å². The lowest BCUT2D eigenvalue weighted by Crippen LogP contribution is -1.97. The van der Waals surface area contributed by atoms with E-state index >= 15 is 0 Å². The summed E-state index contributed by atoms with van der Waals surface area (Å²) in [5.74, 6) is -1.08. The van der Waals surface area contributed by atoms with Gasteiger partial charge in [0.05, 0.1) is 13.2 Å². The fourth-order valence-corrected chi connectivity index (χ4v) is 0.200. The van der Waals surface area contributed by atoms with Gasteiger partial charge in [0.1, 0.15) is 6.21 Å². The molecule has 2 N–H and O–H groups in total. The number of aliphatic imine (C=N–C) groups is 1. The average Bonchev–Trinajstić information content (AvgIpc) is 1.66. The fraction of sp³-hybridized carbons (Fsp3) is 0.500. The highest BCUT2D eigenvalue weighted by molar-refractivity contribution is 6.21. The summed E-state index contributed by atoms with van der Waals surface area (Å²) in [5.41, 5.74) is 0. The van der Waals surface area contributed by atoms with Crippen molar-refractivity contribution in [3.8, 4) is 0 Å². The maximum Gasteiger partial charge on any atom is 0.346 e. The van der Waals surface area contributed by atoms with E-state index in [9.17, 15) is 4.79 Å². The predicted octanol–water partition coefficient (Wildman–Crippen LogP) is -0.866. The number of aliphatic hydroxyl groups excluding tert-OH is 1. The van der Waals surface area contributed by atoms with Gasteiger partial charge in [-0.15, -0.1) is 0 Å². The molecule has 0 aliphatic carbocycles. The fourth-order valence-electron chi connectivity index (χ4n) is 0.200. The van der Waals surface area contributed by atoms with E-state index in [2.05, 4.69) is 4.99 Å². The van der Waals surface area contributed by atoms with Crippen LogP contribution < -0.4 is 0 Å². The Balaban J connectivity index is 3.20. The topological polar surface area (TPSA) is 69.9 Å². The van der Waals surface area contributed by atoms with Gasteiger partial charge in [0.25, 0.3) is 0 Å². The molecule has 0 atom stereocenters. The second-order valence-electron chi connectivity index (χ2n) is 1.10. The van der Waals surface area contributed by atoms with Crippen molar-refractivity contribution < 1.29 is 15.0 Å². The van der Waals surface area contributed by atoms with Crippen LogP contribution in [0.1, 0.15) is 0 Å². The first kappa shape index (κ1) is 7.10. The van der Waals surface area contributed by atoms with Gasteiger partial charge in [0.2, 0.25) is 0 Å². The normalized spacial score (nSPS) is 10.1. The molecule has 0 aliphatic rings. The first-order chi connectivity index (χ1) is 3.77. The van der Waals surface area contributed by atoms with Gasteiger partial charge < -0.3 is 10.2 Å². The molecule has 8 heavy (non-hydrogen) atoms. The van der Waals surface area contributed by atoms with Crippen molar-refractivity contribution in [3.63, 3.8) is 0 Å². The Morgan fingerprint density at radius 2 is 2.38 bits per heavy atom. The predicted molar refractivity (Wildman–Crippen MR) is 28.1 cm³/mol. The second-order valence-corrected chi connectivity index (χ2v) is 1.10. The minimum absolute atomic E-state index is 0.107. The third kappa shape index (κ3) is 5.10. The number of carboxylic acids is 1. The maximum absolute atomic E-state index is 9.64. The minimum Gasteiger partial charge on any atom is -0.477 e. The van der Waals surface area contributed by atoms with Crippen molar-refractivity contribution >= 4 is 12.2 Å². The Kier molecular flexibility index (Phi) is 3.78. The van der Waals surface area contributed by atoms with Crippen LogP contribution in [0.5, 0.6) is 0 Å². The number of aliphatic carboxylic acids is 1. The largest absolute Gasteiger partial charge is 0.477 e. The lowest BCUT2D eigenvalue weighted by molar-refractivity contribution is -0.128. The highest BCUT2D eigenvalue weighted by atomic mass is 16.4. The van der Waals surface area contributed by atoms with Crippen LogP contribution in [0.25, 0.3) is 0 Å². The molecule has 0 bridgehead atoms. The van der Waals surface area contributed by atoms with Gasteiger partial charge in [-0.05, 0) is 0 Å². The van der Waals surface area contributed by atoms with Crippen LogP contribution in [-0.4, -0.2) is 35.5 Å². The van der Waals surface area contributed by atoms with Gasteiger partial charge in [-0.2, -0.15) is 0 Å². The molecule has 0 amide bonds. The molecule has 0 rings (SSSR count). The molecule has 0 spiro atoms. The SMILES string of the molecule is O=C(O)/C=N\CCO. The van der Waals surface area contributed by atoms with Crippen LogP contribution in [0, 0.1) is 0 Å². The Hall–Kier alpha value is -0.900. The standard InChI is InChI=1S/C4H7NO3/c6-2-1-5-3-4(7)8/h3,6H,1-2H2,(H,7,8)/b5-3-. The minimum atomic E-state index is -1.08. The van der Waals surface area contributed by atoms with Gasteiger partial charge in [0, 0.05) is 0 Å². The van der Waals surface area contributed by atoms with E-state index in [-0.39, 0.29) is 13.2 Å². The van der Waals surface area contributed by atoms with Crippen LogP contribution >= 0.6 is 0 Å². The van der Waals surface area contributed by atoms with Gasteiger partial charge in [0.15, 0.2) is 0 Å². The summed E-state index contributed by atoms with van der Waals surface area (Å²) in [6.45, 7) is 0.0517. The number of hydrogen-bond donors (Lipinski definition) is 2. The summed E-state index contributed by atoms with van der Waals surface area (Å²) in [7, 11) is 0. The Labute approximate surface area is 46.5 Å². The van der Waals surface area contributed by atoms with Crippen molar-refractivity contribution in [1.82, 2.24) is 0 Å².